The Balaban J connectivity index is 1.11. The van der Waals surface area contributed by atoms with E-state index in [-0.39, 0.29) is 29.8 Å². The van der Waals surface area contributed by atoms with Crippen LogP contribution in [0.1, 0.15) is 11.3 Å². The van der Waals surface area contributed by atoms with Crippen LogP contribution in [0.4, 0.5) is 15.8 Å². The number of amides is 2. The highest BCUT2D eigenvalue weighted by Gasteiger charge is 2.12. The van der Waals surface area contributed by atoms with Gasteiger partial charge in [-0.1, -0.05) is 17.8 Å². The largest absolute Gasteiger partial charge is 0.326 e. The molecule has 6 nitrogen and oxygen atoms in total. The van der Waals surface area contributed by atoms with Gasteiger partial charge in [0.25, 0.3) is 0 Å². The zero-order valence-corrected chi connectivity index (χ0v) is 22.1. The van der Waals surface area contributed by atoms with E-state index in [9.17, 15) is 14.0 Å². The summed E-state index contributed by atoms with van der Waals surface area (Å²) < 4.78 is 14.8. The molecule has 5 aromatic rings. The predicted molar refractivity (Wildman–Crippen MR) is 150 cm³/mol. The summed E-state index contributed by atoms with van der Waals surface area (Å²) >= 11 is 4.32. The zero-order chi connectivity index (χ0) is 25.8. The second-order valence-electron chi connectivity index (χ2n) is 8.24. The zero-order valence-electron chi connectivity index (χ0n) is 19.7. The van der Waals surface area contributed by atoms with Gasteiger partial charge in [0.1, 0.15) is 10.8 Å². The van der Waals surface area contributed by atoms with E-state index in [1.54, 1.807) is 11.3 Å². The van der Waals surface area contributed by atoms with Gasteiger partial charge in [-0.15, -0.1) is 22.7 Å². The lowest BCUT2D eigenvalue weighted by Gasteiger charge is -2.05. The summed E-state index contributed by atoms with van der Waals surface area (Å²) in [6, 6.07) is 19.5. The highest BCUT2D eigenvalue weighted by molar-refractivity contribution is 8.01. The number of carbonyl (C=O) groups excluding carboxylic acids is 2. The summed E-state index contributed by atoms with van der Waals surface area (Å²) in [6.45, 7) is 2.07. The number of benzene rings is 3. The van der Waals surface area contributed by atoms with Crippen LogP contribution in [-0.2, 0) is 16.0 Å². The number of carbonyl (C=O) groups is 2. The van der Waals surface area contributed by atoms with Crippen molar-refractivity contribution in [2.45, 2.75) is 17.7 Å². The Kier molecular flexibility index (Phi) is 7.59. The van der Waals surface area contributed by atoms with E-state index >= 15 is 0 Å². The number of hydrogen-bond acceptors (Lipinski definition) is 7. The number of aromatic nitrogens is 2. The quantitative estimate of drug-likeness (QED) is 0.209. The first-order valence-corrected chi connectivity index (χ1v) is 14.0. The molecule has 0 saturated carbocycles. The fourth-order valence-corrected chi connectivity index (χ4v) is 6.23. The molecule has 0 spiro atoms. The molecule has 0 bridgehead atoms. The van der Waals surface area contributed by atoms with Crippen LogP contribution in [0.25, 0.3) is 20.8 Å². The molecule has 0 aliphatic heterocycles. The molecule has 2 N–H and O–H groups in total. The highest BCUT2D eigenvalue weighted by atomic mass is 32.2. The molecule has 0 saturated heterocycles. The Hall–Kier alpha value is -3.60. The van der Waals surface area contributed by atoms with Crippen LogP contribution in [0.3, 0.4) is 0 Å². The van der Waals surface area contributed by atoms with Gasteiger partial charge < -0.3 is 10.6 Å². The molecule has 0 fully saturated rings. The van der Waals surface area contributed by atoms with Gasteiger partial charge in [-0.2, -0.15) is 0 Å². The van der Waals surface area contributed by atoms with Gasteiger partial charge in [0.15, 0.2) is 4.34 Å². The summed E-state index contributed by atoms with van der Waals surface area (Å²) in [5.74, 6) is -0.574. The number of nitrogens with one attached hydrogen (secondary N) is 2. The van der Waals surface area contributed by atoms with E-state index in [1.165, 1.54) is 52.9 Å². The normalized spacial score (nSPS) is 11.0. The SMILES string of the molecule is Cc1ccc2nc(-c3ccc(NC(=O)Cc4csc(SCC(=O)Nc5ccc(F)cc5)n4)cc3)sc2c1. The standard InChI is InChI=1S/C27H21FN4O2S3/c1-16-2-11-22-23(12-16)37-26(32-22)17-3-7-19(8-4-17)29-24(33)13-21-14-35-27(31-21)36-15-25(34)30-20-9-5-18(28)6-10-20/h2-12,14H,13,15H2,1H3,(H,29,33)(H,30,34). The van der Waals surface area contributed by atoms with Crippen molar-refractivity contribution in [3.63, 3.8) is 0 Å². The molecule has 0 unspecified atom stereocenters. The lowest BCUT2D eigenvalue weighted by molar-refractivity contribution is -0.116. The maximum Gasteiger partial charge on any atom is 0.234 e. The van der Waals surface area contributed by atoms with E-state index in [0.29, 0.717) is 21.4 Å². The summed E-state index contributed by atoms with van der Waals surface area (Å²) in [6.07, 6.45) is 0.137. The van der Waals surface area contributed by atoms with Crippen molar-refractivity contribution >= 4 is 67.8 Å². The Bertz CT molecular complexity index is 1560. The summed E-state index contributed by atoms with van der Waals surface area (Å²) in [5.41, 5.74) is 5.07. The Labute approximate surface area is 225 Å². The highest BCUT2D eigenvalue weighted by Crippen LogP contribution is 2.31. The Morgan fingerprint density at radius 2 is 1.62 bits per heavy atom. The first kappa shape index (κ1) is 25.1. The van der Waals surface area contributed by atoms with E-state index in [1.807, 2.05) is 35.7 Å². The van der Waals surface area contributed by atoms with E-state index in [0.717, 1.165) is 20.8 Å². The average Bonchev–Trinajstić information content (AvgIpc) is 3.51. The van der Waals surface area contributed by atoms with Crippen LogP contribution in [0.5, 0.6) is 0 Å². The van der Waals surface area contributed by atoms with Crippen molar-refractivity contribution < 1.29 is 14.0 Å². The molecule has 3 aromatic carbocycles. The number of anilines is 2. The maximum atomic E-state index is 13.0. The van der Waals surface area contributed by atoms with Crippen LogP contribution in [0, 0.1) is 12.7 Å². The fraction of sp³-hybridized carbons (Fsp3) is 0.111. The molecule has 5 rings (SSSR count). The van der Waals surface area contributed by atoms with Crippen LogP contribution in [-0.4, -0.2) is 27.5 Å². The van der Waals surface area contributed by atoms with Crippen molar-refractivity contribution in [2.24, 2.45) is 0 Å². The number of thiazole rings is 2. The predicted octanol–water partition coefficient (Wildman–Crippen LogP) is 6.78. The van der Waals surface area contributed by atoms with Gasteiger partial charge in [0, 0.05) is 22.3 Å². The molecular formula is C27H21FN4O2S3. The number of halogens is 1. The van der Waals surface area contributed by atoms with E-state index in [2.05, 4.69) is 34.7 Å². The maximum absolute atomic E-state index is 13.0. The molecule has 10 heteroatoms. The summed E-state index contributed by atoms with van der Waals surface area (Å²) in [4.78, 5) is 33.8. The molecule has 0 radical (unpaired) electrons. The van der Waals surface area contributed by atoms with Crippen LogP contribution < -0.4 is 10.6 Å². The molecule has 0 atom stereocenters. The fourth-order valence-electron chi connectivity index (χ4n) is 3.51. The third-order valence-electron chi connectivity index (χ3n) is 5.29. The second kappa shape index (κ2) is 11.2. The molecule has 0 aliphatic rings. The Morgan fingerprint density at radius 3 is 2.38 bits per heavy atom. The van der Waals surface area contributed by atoms with Gasteiger partial charge in [0.2, 0.25) is 11.8 Å². The molecule has 37 heavy (non-hydrogen) atoms. The van der Waals surface area contributed by atoms with Crippen LogP contribution in [0.2, 0.25) is 0 Å². The Morgan fingerprint density at radius 1 is 0.919 bits per heavy atom. The topological polar surface area (TPSA) is 84.0 Å². The number of aryl methyl sites for hydroxylation is 1. The minimum Gasteiger partial charge on any atom is -0.326 e. The number of thioether (sulfide) groups is 1. The third-order valence-corrected chi connectivity index (χ3v) is 8.42. The molecule has 2 heterocycles. The first-order chi connectivity index (χ1) is 17.9. The second-order valence-corrected chi connectivity index (χ2v) is 11.4. The molecule has 186 valence electrons. The molecule has 2 aromatic heterocycles. The van der Waals surface area contributed by atoms with Crippen molar-refractivity contribution in [3.8, 4) is 10.6 Å². The van der Waals surface area contributed by atoms with Crippen molar-refractivity contribution in [3.05, 3.63) is 89.2 Å². The van der Waals surface area contributed by atoms with Gasteiger partial charge in [-0.3, -0.25) is 9.59 Å². The van der Waals surface area contributed by atoms with Gasteiger partial charge in [-0.25, -0.2) is 14.4 Å². The molecule has 0 aliphatic carbocycles. The van der Waals surface area contributed by atoms with Gasteiger partial charge in [0.05, 0.1) is 28.1 Å². The molecular weight excluding hydrogens is 528 g/mol. The number of hydrogen-bond donors (Lipinski definition) is 2. The van der Waals surface area contributed by atoms with E-state index in [4.69, 9.17) is 4.98 Å². The minimum atomic E-state index is -0.358. The van der Waals surface area contributed by atoms with Crippen LogP contribution >= 0.6 is 34.4 Å². The summed E-state index contributed by atoms with van der Waals surface area (Å²) in [5, 5.41) is 8.38. The lowest BCUT2D eigenvalue weighted by atomic mass is 10.2. The van der Waals surface area contributed by atoms with Crippen molar-refractivity contribution in [1.29, 1.82) is 0 Å². The first-order valence-electron chi connectivity index (χ1n) is 11.3. The van der Waals surface area contributed by atoms with E-state index < -0.39 is 0 Å². The van der Waals surface area contributed by atoms with Crippen molar-refractivity contribution in [2.75, 3.05) is 16.4 Å². The average molecular weight is 549 g/mol. The van der Waals surface area contributed by atoms with Crippen molar-refractivity contribution in [1.82, 2.24) is 9.97 Å². The summed E-state index contributed by atoms with van der Waals surface area (Å²) in [7, 11) is 0. The van der Waals surface area contributed by atoms with Gasteiger partial charge in [-0.05, 0) is 73.2 Å². The number of rotatable bonds is 8. The van der Waals surface area contributed by atoms with Crippen LogP contribution in [0.15, 0.2) is 76.4 Å². The monoisotopic (exact) mass is 548 g/mol. The van der Waals surface area contributed by atoms with Gasteiger partial charge >= 0.3 is 0 Å². The third kappa shape index (κ3) is 6.59. The minimum absolute atomic E-state index is 0.137. The lowest BCUT2D eigenvalue weighted by Crippen LogP contribution is -2.14. The smallest absolute Gasteiger partial charge is 0.234 e. The molecule has 2 amide bonds. The number of fused-ring (bicyclic) bond motifs is 1. The number of nitrogens with zero attached hydrogens (tertiary/aromatic N) is 2.